The average Bonchev–Trinajstić information content (AvgIpc) is 2.72. The molecule has 0 aliphatic heterocycles. The molecular weight excluding hydrogens is 168 g/mol. The van der Waals surface area contributed by atoms with E-state index in [1.165, 1.54) is 17.7 Å². The van der Waals surface area contributed by atoms with Gasteiger partial charge >= 0.3 is 0 Å². The molecule has 2 nitrogen and oxygen atoms in total. The summed E-state index contributed by atoms with van der Waals surface area (Å²) in [6.45, 7) is 2.07. The zero-order chi connectivity index (χ0) is 8.55. The second-order valence-corrected chi connectivity index (χ2v) is 4.86. The Morgan fingerprint density at radius 2 is 2.50 bits per heavy atom. The van der Waals surface area contributed by atoms with Crippen LogP contribution in [0.1, 0.15) is 35.2 Å². The summed E-state index contributed by atoms with van der Waals surface area (Å²) in [5.74, 6) is 0.893. The van der Waals surface area contributed by atoms with Crippen LogP contribution in [0, 0.1) is 12.8 Å². The highest BCUT2D eigenvalue weighted by atomic mass is 32.1. The molecule has 1 atom stereocenters. The van der Waals surface area contributed by atoms with Crippen LogP contribution in [0.4, 0.5) is 0 Å². The maximum Gasteiger partial charge on any atom is 0.110 e. The molecule has 3 heteroatoms. The van der Waals surface area contributed by atoms with E-state index >= 15 is 0 Å². The summed E-state index contributed by atoms with van der Waals surface area (Å²) in [5, 5.41) is 1.11. The van der Waals surface area contributed by atoms with Crippen LogP contribution < -0.4 is 5.73 Å². The molecule has 0 bridgehead atoms. The summed E-state index contributed by atoms with van der Waals surface area (Å²) < 4.78 is 0. The van der Waals surface area contributed by atoms with Crippen molar-refractivity contribution < 1.29 is 0 Å². The van der Waals surface area contributed by atoms with Crippen molar-refractivity contribution in [3.63, 3.8) is 0 Å². The molecule has 0 saturated heterocycles. The zero-order valence-corrected chi connectivity index (χ0v) is 8.10. The Hall–Kier alpha value is -0.410. The van der Waals surface area contributed by atoms with Crippen molar-refractivity contribution in [2.24, 2.45) is 11.7 Å². The van der Waals surface area contributed by atoms with Gasteiger partial charge in [-0.15, -0.1) is 11.3 Å². The first-order valence-electron chi connectivity index (χ1n) is 4.43. The molecule has 0 radical (unpaired) electrons. The van der Waals surface area contributed by atoms with Gasteiger partial charge in [-0.2, -0.15) is 0 Å². The van der Waals surface area contributed by atoms with Crippen LogP contribution in [-0.4, -0.2) is 4.98 Å². The van der Waals surface area contributed by atoms with Gasteiger partial charge in [-0.05, 0) is 19.3 Å². The van der Waals surface area contributed by atoms with Crippen molar-refractivity contribution in [1.82, 2.24) is 4.98 Å². The Morgan fingerprint density at radius 1 is 1.75 bits per heavy atom. The molecule has 1 aliphatic rings. The fourth-order valence-electron chi connectivity index (χ4n) is 1.36. The molecule has 1 saturated carbocycles. The summed E-state index contributed by atoms with van der Waals surface area (Å²) in [7, 11) is 0. The van der Waals surface area contributed by atoms with Crippen molar-refractivity contribution in [2.75, 3.05) is 0 Å². The zero-order valence-electron chi connectivity index (χ0n) is 7.29. The second kappa shape index (κ2) is 3.15. The first-order chi connectivity index (χ1) is 5.75. The van der Waals surface area contributed by atoms with Crippen molar-refractivity contribution in [2.45, 2.75) is 32.2 Å². The molecule has 1 fully saturated rings. The van der Waals surface area contributed by atoms with Crippen molar-refractivity contribution >= 4 is 11.3 Å². The van der Waals surface area contributed by atoms with E-state index in [1.807, 2.05) is 6.20 Å². The number of nitrogens with zero attached hydrogens (tertiary/aromatic N) is 1. The van der Waals surface area contributed by atoms with Crippen LogP contribution in [0.3, 0.4) is 0 Å². The van der Waals surface area contributed by atoms with Crippen molar-refractivity contribution in [1.29, 1.82) is 0 Å². The lowest BCUT2D eigenvalue weighted by molar-refractivity contribution is 0.594. The molecule has 2 N–H and O–H groups in total. The van der Waals surface area contributed by atoms with Gasteiger partial charge in [-0.3, -0.25) is 0 Å². The predicted octanol–water partition coefficient (Wildman–Crippen LogP) is 2.25. The third kappa shape index (κ3) is 1.84. The van der Waals surface area contributed by atoms with E-state index in [9.17, 15) is 0 Å². The first-order valence-corrected chi connectivity index (χ1v) is 5.25. The summed E-state index contributed by atoms with van der Waals surface area (Å²) in [5.41, 5.74) is 6.00. The minimum atomic E-state index is 0.191. The predicted molar refractivity (Wildman–Crippen MR) is 51.1 cm³/mol. The molecule has 1 aromatic rings. The molecule has 12 heavy (non-hydrogen) atoms. The van der Waals surface area contributed by atoms with E-state index in [1.54, 1.807) is 11.3 Å². The third-order valence-electron chi connectivity index (χ3n) is 2.24. The topological polar surface area (TPSA) is 38.9 Å². The summed E-state index contributed by atoms with van der Waals surface area (Å²) in [6.07, 6.45) is 5.79. The van der Waals surface area contributed by atoms with Crippen molar-refractivity contribution in [3.8, 4) is 0 Å². The maximum atomic E-state index is 6.00. The number of aromatic nitrogens is 1. The van der Waals surface area contributed by atoms with Crippen LogP contribution in [-0.2, 0) is 0 Å². The lowest BCUT2D eigenvalue weighted by Gasteiger charge is -2.05. The summed E-state index contributed by atoms with van der Waals surface area (Å²) in [6, 6.07) is 0.191. The Kier molecular flexibility index (Phi) is 2.15. The average molecular weight is 182 g/mol. The highest BCUT2D eigenvalue weighted by Gasteiger charge is 2.25. The standard InChI is InChI=1S/C9H14N2S/c1-6-5-11-9(12-6)8(10)4-7-2-3-7/h5,7-8H,2-4,10H2,1H3. The lowest BCUT2D eigenvalue weighted by atomic mass is 10.1. The van der Waals surface area contributed by atoms with Gasteiger partial charge in [-0.1, -0.05) is 12.8 Å². The second-order valence-electron chi connectivity index (χ2n) is 3.59. The Bertz CT molecular complexity index is 265. The maximum absolute atomic E-state index is 6.00. The molecule has 2 rings (SSSR count). The van der Waals surface area contributed by atoms with E-state index in [0.717, 1.165) is 17.3 Å². The van der Waals surface area contributed by atoms with E-state index < -0.39 is 0 Å². The van der Waals surface area contributed by atoms with E-state index in [-0.39, 0.29) is 6.04 Å². The normalized spacial score (nSPS) is 19.5. The summed E-state index contributed by atoms with van der Waals surface area (Å²) >= 11 is 1.73. The smallest absolute Gasteiger partial charge is 0.110 e. The number of thiazole rings is 1. The number of hydrogen-bond donors (Lipinski definition) is 1. The van der Waals surface area contributed by atoms with Gasteiger partial charge in [0.25, 0.3) is 0 Å². The highest BCUT2D eigenvalue weighted by molar-refractivity contribution is 7.11. The van der Waals surface area contributed by atoms with Crippen LogP contribution in [0.25, 0.3) is 0 Å². The summed E-state index contributed by atoms with van der Waals surface area (Å²) in [4.78, 5) is 5.55. The lowest BCUT2D eigenvalue weighted by Crippen LogP contribution is -2.10. The van der Waals surface area contributed by atoms with Gasteiger partial charge in [0.1, 0.15) is 5.01 Å². The van der Waals surface area contributed by atoms with E-state index in [4.69, 9.17) is 5.73 Å². The Morgan fingerprint density at radius 3 is 3.00 bits per heavy atom. The monoisotopic (exact) mass is 182 g/mol. The van der Waals surface area contributed by atoms with Gasteiger partial charge in [-0.25, -0.2) is 4.98 Å². The molecule has 1 aliphatic carbocycles. The Balaban J connectivity index is 1.97. The molecular formula is C9H14N2S. The van der Waals surface area contributed by atoms with Crippen molar-refractivity contribution in [3.05, 3.63) is 16.1 Å². The van der Waals surface area contributed by atoms with Crippen LogP contribution in [0.15, 0.2) is 6.20 Å². The number of nitrogens with two attached hydrogens (primary N) is 1. The van der Waals surface area contributed by atoms with Gasteiger partial charge in [0.2, 0.25) is 0 Å². The van der Waals surface area contributed by atoms with Gasteiger partial charge < -0.3 is 5.73 Å². The fraction of sp³-hybridized carbons (Fsp3) is 0.667. The number of aryl methyl sites for hydroxylation is 1. The number of hydrogen-bond acceptors (Lipinski definition) is 3. The molecule has 0 amide bonds. The quantitative estimate of drug-likeness (QED) is 0.778. The van der Waals surface area contributed by atoms with E-state index in [0.29, 0.717) is 0 Å². The largest absolute Gasteiger partial charge is 0.322 e. The van der Waals surface area contributed by atoms with Gasteiger partial charge in [0, 0.05) is 11.1 Å². The highest BCUT2D eigenvalue weighted by Crippen LogP contribution is 2.37. The fourth-order valence-corrected chi connectivity index (χ4v) is 2.15. The van der Waals surface area contributed by atoms with E-state index in [2.05, 4.69) is 11.9 Å². The third-order valence-corrected chi connectivity index (χ3v) is 3.29. The molecule has 1 aromatic heterocycles. The first kappa shape index (κ1) is 8.20. The number of rotatable bonds is 3. The molecule has 1 unspecified atom stereocenters. The van der Waals surface area contributed by atoms with Crippen LogP contribution in [0.2, 0.25) is 0 Å². The minimum Gasteiger partial charge on any atom is -0.322 e. The molecule has 0 aromatic carbocycles. The van der Waals surface area contributed by atoms with Gasteiger partial charge in [0.15, 0.2) is 0 Å². The van der Waals surface area contributed by atoms with Crippen LogP contribution >= 0.6 is 11.3 Å². The molecule has 1 heterocycles. The molecule has 0 spiro atoms. The van der Waals surface area contributed by atoms with Gasteiger partial charge in [0.05, 0.1) is 6.04 Å². The van der Waals surface area contributed by atoms with Crippen LogP contribution in [0.5, 0.6) is 0 Å². The SMILES string of the molecule is Cc1cnc(C(N)CC2CC2)s1. The molecule has 66 valence electrons. The minimum absolute atomic E-state index is 0.191. The Labute approximate surface area is 76.8 Å².